The third kappa shape index (κ3) is 6.72. The zero-order chi connectivity index (χ0) is 32.4. The summed E-state index contributed by atoms with van der Waals surface area (Å²) in [6.45, 7) is 1.63. The molecular formula is C33H36ClN5O7. The van der Waals surface area contributed by atoms with E-state index in [1.165, 1.54) is 9.80 Å². The first-order chi connectivity index (χ1) is 22.2. The molecule has 1 aliphatic carbocycles. The van der Waals surface area contributed by atoms with Crippen LogP contribution in [-0.4, -0.2) is 88.5 Å². The molecule has 1 spiro atoms. The second kappa shape index (κ2) is 13.1. The van der Waals surface area contributed by atoms with Gasteiger partial charge in [0.25, 0.3) is 5.91 Å². The van der Waals surface area contributed by atoms with Gasteiger partial charge in [-0.2, -0.15) is 0 Å². The number of carbonyl (C=O) groups is 5. The molecule has 4 amide bonds. The average Bonchev–Trinajstić information content (AvgIpc) is 3.47. The predicted molar refractivity (Wildman–Crippen MR) is 167 cm³/mol. The van der Waals surface area contributed by atoms with Crippen LogP contribution >= 0.6 is 11.6 Å². The van der Waals surface area contributed by atoms with E-state index in [0.29, 0.717) is 23.6 Å². The number of oxime groups is 1. The van der Waals surface area contributed by atoms with E-state index in [1.54, 1.807) is 18.2 Å². The first-order valence-electron chi connectivity index (χ1n) is 15.6. The number of rotatable bonds is 11. The molecular weight excluding hydrogens is 614 g/mol. The van der Waals surface area contributed by atoms with Crippen molar-refractivity contribution < 1.29 is 33.5 Å². The highest BCUT2D eigenvalue weighted by atomic mass is 35.5. The normalized spacial score (nSPS) is 24.3. The lowest BCUT2D eigenvalue weighted by molar-refractivity contribution is -0.142. The van der Waals surface area contributed by atoms with Gasteiger partial charge in [-0.25, -0.2) is 4.79 Å². The van der Waals surface area contributed by atoms with Gasteiger partial charge in [0.15, 0.2) is 5.60 Å². The van der Waals surface area contributed by atoms with Gasteiger partial charge in [0.2, 0.25) is 17.6 Å². The monoisotopic (exact) mass is 649 g/mol. The highest BCUT2D eigenvalue weighted by Gasteiger charge is 2.54. The molecule has 0 radical (unpaired) electrons. The lowest BCUT2D eigenvalue weighted by Gasteiger charge is -2.28. The van der Waals surface area contributed by atoms with Gasteiger partial charge in [-0.3, -0.25) is 24.1 Å². The van der Waals surface area contributed by atoms with E-state index < -0.39 is 53.3 Å². The number of carbonyl (C=O) groups excluding carboxylic acids is 5. The van der Waals surface area contributed by atoms with Crippen LogP contribution in [0.2, 0.25) is 5.02 Å². The van der Waals surface area contributed by atoms with Crippen molar-refractivity contribution in [2.45, 2.75) is 75.2 Å². The maximum Gasteiger partial charge on any atom is 0.410 e. The fraction of sp³-hybridized carbons (Fsp3) is 0.455. The molecule has 46 heavy (non-hydrogen) atoms. The van der Waals surface area contributed by atoms with Crippen molar-refractivity contribution in [3.63, 3.8) is 0 Å². The third-order valence-electron chi connectivity index (χ3n) is 8.83. The van der Waals surface area contributed by atoms with Gasteiger partial charge in [0, 0.05) is 29.5 Å². The van der Waals surface area contributed by atoms with E-state index >= 15 is 0 Å². The van der Waals surface area contributed by atoms with Crippen LogP contribution in [0.1, 0.15) is 62.6 Å². The van der Waals surface area contributed by atoms with E-state index in [1.807, 2.05) is 43.3 Å². The Morgan fingerprint density at radius 2 is 1.89 bits per heavy atom. The number of cyclic esters (lactones) is 1. The largest absolute Gasteiger partial charge is 0.447 e. The quantitative estimate of drug-likeness (QED) is 0.356. The number of ketones is 1. The summed E-state index contributed by atoms with van der Waals surface area (Å²) in [5, 5.41) is 10.3. The number of benzene rings is 2. The number of amides is 4. The molecule has 2 aromatic rings. The fourth-order valence-electron chi connectivity index (χ4n) is 6.26. The molecule has 4 aliphatic rings. The molecule has 3 aliphatic heterocycles. The molecule has 1 saturated carbocycles. The number of hydrogen-bond donors (Lipinski definition) is 2. The zero-order valence-corrected chi connectivity index (χ0v) is 26.2. The predicted octanol–water partition coefficient (Wildman–Crippen LogP) is 3.13. The lowest BCUT2D eigenvalue weighted by Crippen LogP contribution is -2.54. The smallest absolute Gasteiger partial charge is 0.410 e. The van der Waals surface area contributed by atoms with Crippen LogP contribution in [0, 0.1) is 0 Å². The minimum absolute atomic E-state index is 0.0116. The van der Waals surface area contributed by atoms with E-state index in [0.717, 1.165) is 24.0 Å². The summed E-state index contributed by atoms with van der Waals surface area (Å²) in [6.07, 6.45) is 2.21. The second-order valence-electron chi connectivity index (χ2n) is 12.3. The minimum Gasteiger partial charge on any atom is -0.447 e. The zero-order valence-electron chi connectivity index (χ0n) is 25.4. The van der Waals surface area contributed by atoms with Crippen molar-refractivity contribution in [3.05, 3.63) is 70.7 Å². The van der Waals surface area contributed by atoms with Crippen LogP contribution in [0.15, 0.2) is 59.8 Å². The van der Waals surface area contributed by atoms with E-state index in [-0.39, 0.29) is 38.6 Å². The maximum atomic E-state index is 14.0. The summed E-state index contributed by atoms with van der Waals surface area (Å²) in [5.41, 5.74) is 1.18. The number of likely N-dealkylation sites (tertiary alicyclic amines) is 1. The first kappa shape index (κ1) is 31.5. The molecule has 4 atom stereocenters. The van der Waals surface area contributed by atoms with Gasteiger partial charge in [-0.1, -0.05) is 72.6 Å². The van der Waals surface area contributed by atoms with Crippen LogP contribution in [0.5, 0.6) is 0 Å². The summed E-state index contributed by atoms with van der Waals surface area (Å²) in [4.78, 5) is 75.1. The summed E-state index contributed by atoms with van der Waals surface area (Å²) < 4.78 is 5.30. The summed E-state index contributed by atoms with van der Waals surface area (Å²) in [6, 6.07) is 13.8. The Labute approximate surface area is 271 Å². The average molecular weight is 650 g/mol. The molecule has 242 valence electrons. The molecule has 12 nitrogen and oxygen atoms in total. The van der Waals surface area contributed by atoms with Crippen LogP contribution in [0.25, 0.3) is 0 Å². The molecule has 0 aromatic heterocycles. The third-order valence-corrected chi connectivity index (χ3v) is 9.07. The standard InChI is InChI=1S/C33H36ClN5O7/c1-2-7-24(29(41)31(43)35-23-12-13-23)36-30(42)26-16-33(15-25(37-46-33)21-10-6-11-22(34)14-21)19-39(26)28(40)17-38-27(18-45-32(38)44)20-8-4-3-5-9-20/h3-6,8-11,14,23-24,26-27H,2,7,12-13,15-19H2,1H3,(H,35,43)(H,36,42)/t24-,26-,27?,33+/m0/s1. The molecule has 3 fully saturated rings. The second-order valence-corrected chi connectivity index (χ2v) is 12.8. The van der Waals surface area contributed by atoms with Crippen LogP contribution in [0.4, 0.5) is 4.79 Å². The first-order valence-corrected chi connectivity index (χ1v) is 16.0. The molecule has 2 N–H and O–H groups in total. The van der Waals surface area contributed by atoms with Gasteiger partial charge < -0.3 is 25.1 Å². The highest BCUT2D eigenvalue weighted by molar-refractivity contribution is 6.38. The van der Waals surface area contributed by atoms with Crippen molar-refractivity contribution in [2.75, 3.05) is 19.7 Å². The van der Waals surface area contributed by atoms with Crippen LogP contribution < -0.4 is 10.6 Å². The molecule has 3 heterocycles. The van der Waals surface area contributed by atoms with E-state index in [2.05, 4.69) is 15.8 Å². The van der Waals surface area contributed by atoms with Crippen LogP contribution in [-0.2, 0) is 28.8 Å². The Kier molecular flexibility index (Phi) is 8.99. The van der Waals surface area contributed by atoms with Crippen molar-refractivity contribution >= 4 is 46.9 Å². The minimum atomic E-state index is -1.05. The fourth-order valence-corrected chi connectivity index (χ4v) is 6.45. The number of hydrogen-bond acceptors (Lipinski definition) is 8. The molecule has 2 saturated heterocycles. The number of nitrogens with one attached hydrogen (secondary N) is 2. The number of nitrogens with zero attached hydrogens (tertiary/aromatic N) is 3. The Balaban J connectivity index is 1.23. The molecule has 6 rings (SSSR count). The summed E-state index contributed by atoms with van der Waals surface area (Å²) in [5.74, 6) is -2.52. The lowest BCUT2D eigenvalue weighted by atomic mass is 9.91. The number of halogens is 1. The number of ether oxygens (including phenoxy) is 1. The summed E-state index contributed by atoms with van der Waals surface area (Å²) in [7, 11) is 0. The van der Waals surface area contributed by atoms with Crippen molar-refractivity contribution in [3.8, 4) is 0 Å². The SMILES string of the molecule is CCC[C@H](NC(=O)[C@@H]1C[C@]2(CC(c3cccc(Cl)c3)=NO2)CN1C(=O)CN1C(=O)OCC1c1ccccc1)C(=O)C(=O)NC1CC1. The Morgan fingerprint density at radius 1 is 1.11 bits per heavy atom. The van der Waals surface area contributed by atoms with Crippen LogP contribution in [0.3, 0.4) is 0 Å². The van der Waals surface area contributed by atoms with Crippen molar-refractivity contribution in [2.24, 2.45) is 5.16 Å². The van der Waals surface area contributed by atoms with Gasteiger partial charge >= 0.3 is 6.09 Å². The topological polar surface area (TPSA) is 147 Å². The van der Waals surface area contributed by atoms with E-state index in [9.17, 15) is 24.0 Å². The van der Waals surface area contributed by atoms with Gasteiger partial charge in [0.05, 0.1) is 24.3 Å². The maximum absolute atomic E-state index is 14.0. The highest BCUT2D eigenvalue weighted by Crippen LogP contribution is 2.39. The molecule has 1 unspecified atom stereocenters. The molecule has 0 bridgehead atoms. The Bertz CT molecular complexity index is 1560. The van der Waals surface area contributed by atoms with Gasteiger partial charge in [-0.15, -0.1) is 0 Å². The van der Waals surface area contributed by atoms with Crippen molar-refractivity contribution in [1.29, 1.82) is 0 Å². The van der Waals surface area contributed by atoms with E-state index in [4.69, 9.17) is 21.2 Å². The van der Waals surface area contributed by atoms with Crippen molar-refractivity contribution in [1.82, 2.24) is 20.4 Å². The Morgan fingerprint density at radius 3 is 2.61 bits per heavy atom. The molecule has 13 heteroatoms. The summed E-state index contributed by atoms with van der Waals surface area (Å²) >= 11 is 6.21. The molecule has 2 aromatic carbocycles. The Hall–Kier alpha value is -4.45. The van der Waals surface area contributed by atoms with Gasteiger partial charge in [0.1, 0.15) is 19.2 Å². The van der Waals surface area contributed by atoms with Gasteiger partial charge in [-0.05, 0) is 37.0 Å². The number of Topliss-reactive ketones (excluding diaryl/α,β-unsaturated/α-hetero) is 1.